The van der Waals surface area contributed by atoms with E-state index in [9.17, 15) is 0 Å². The van der Waals surface area contributed by atoms with E-state index in [4.69, 9.17) is 5.73 Å². The van der Waals surface area contributed by atoms with E-state index in [-0.39, 0.29) is 6.04 Å². The van der Waals surface area contributed by atoms with Gasteiger partial charge in [-0.1, -0.05) is 13.8 Å². The molecule has 0 spiro atoms. The van der Waals surface area contributed by atoms with Crippen molar-refractivity contribution in [2.45, 2.75) is 39.2 Å². The van der Waals surface area contributed by atoms with Gasteiger partial charge in [-0.05, 0) is 13.3 Å². The predicted octanol–water partition coefficient (Wildman–Crippen LogP) is 1.69. The molecule has 12 heavy (non-hydrogen) atoms. The van der Waals surface area contributed by atoms with E-state index in [1.807, 2.05) is 6.92 Å². The Kier molecular flexibility index (Phi) is 3.17. The van der Waals surface area contributed by atoms with Gasteiger partial charge in [0.15, 0.2) is 0 Å². The second-order valence-corrected chi connectivity index (χ2v) is 4.23. The van der Waals surface area contributed by atoms with Crippen molar-refractivity contribution in [2.24, 2.45) is 5.73 Å². The van der Waals surface area contributed by atoms with Crippen LogP contribution >= 0.6 is 11.3 Å². The minimum atomic E-state index is 0.206. The van der Waals surface area contributed by atoms with Crippen LogP contribution in [0.3, 0.4) is 0 Å². The van der Waals surface area contributed by atoms with E-state index in [1.165, 1.54) is 0 Å². The zero-order chi connectivity index (χ0) is 9.14. The van der Waals surface area contributed by atoms with Crippen molar-refractivity contribution in [1.29, 1.82) is 0 Å². The van der Waals surface area contributed by atoms with Crippen molar-refractivity contribution in [3.63, 3.8) is 0 Å². The molecule has 0 saturated heterocycles. The van der Waals surface area contributed by atoms with Crippen LogP contribution in [0, 0.1) is 6.92 Å². The molecule has 1 aromatic rings. The summed E-state index contributed by atoms with van der Waals surface area (Å²) in [7, 11) is 0. The number of hydrogen-bond donors (Lipinski definition) is 1. The zero-order valence-electron chi connectivity index (χ0n) is 7.74. The Hall–Kier alpha value is -0.480. The van der Waals surface area contributed by atoms with Crippen molar-refractivity contribution < 1.29 is 0 Å². The van der Waals surface area contributed by atoms with Gasteiger partial charge in [0.25, 0.3) is 0 Å². The van der Waals surface area contributed by atoms with Gasteiger partial charge < -0.3 is 5.73 Å². The summed E-state index contributed by atoms with van der Waals surface area (Å²) in [5.74, 6) is 0.334. The lowest BCUT2D eigenvalue weighted by Crippen LogP contribution is -2.25. The summed E-state index contributed by atoms with van der Waals surface area (Å²) < 4.78 is 0. The Morgan fingerprint density at radius 3 is 2.58 bits per heavy atom. The number of aryl methyl sites for hydroxylation is 1. The zero-order valence-corrected chi connectivity index (χ0v) is 8.56. The SMILES string of the molecule is CCC(N)C(C)c1nnc(C)s1. The Labute approximate surface area is 77.0 Å². The first-order valence-corrected chi connectivity index (χ1v) is 5.02. The Balaban J connectivity index is 2.70. The van der Waals surface area contributed by atoms with Crippen LogP contribution in [0.15, 0.2) is 0 Å². The molecule has 1 heterocycles. The van der Waals surface area contributed by atoms with Crippen LogP contribution in [-0.4, -0.2) is 16.2 Å². The van der Waals surface area contributed by atoms with Crippen LogP contribution in [0.25, 0.3) is 0 Å². The monoisotopic (exact) mass is 185 g/mol. The molecule has 0 fully saturated rings. The van der Waals surface area contributed by atoms with Gasteiger partial charge in [-0.2, -0.15) is 0 Å². The summed E-state index contributed by atoms with van der Waals surface area (Å²) in [5, 5.41) is 10.1. The van der Waals surface area contributed by atoms with Crippen LogP contribution < -0.4 is 5.73 Å². The standard InChI is InChI=1S/C8H15N3S/c1-4-7(9)5(2)8-11-10-6(3)12-8/h5,7H,4,9H2,1-3H3. The summed E-state index contributed by atoms with van der Waals surface area (Å²) in [6.45, 7) is 6.16. The molecule has 0 aliphatic rings. The molecule has 68 valence electrons. The van der Waals surface area contributed by atoms with Gasteiger partial charge in [-0.15, -0.1) is 21.5 Å². The molecular formula is C8H15N3S. The van der Waals surface area contributed by atoms with Crippen LogP contribution in [-0.2, 0) is 0 Å². The van der Waals surface area contributed by atoms with Crippen molar-refractivity contribution in [2.75, 3.05) is 0 Å². The third-order valence-electron chi connectivity index (χ3n) is 2.04. The molecule has 1 aromatic heterocycles. The molecule has 2 unspecified atom stereocenters. The average Bonchev–Trinajstić information content (AvgIpc) is 2.49. The molecule has 0 aromatic carbocycles. The molecular weight excluding hydrogens is 170 g/mol. The fourth-order valence-corrected chi connectivity index (χ4v) is 1.86. The Morgan fingerprint density at radius 2 is 2.17 bits per heavy atom. The summed E-state index contributed by atoms with van der Waals surface area (Å²) in [6, 6.07) is 0.206. The van der Waals surface area contributed by atoms with E-state index in [2.05, 4.69) is 24.0 Å². The molecule has 0 aliphatic carbocycles. The maximum atomic E-state index is 5.90. The van der Waals surface area contributed by atoms with Gasteiger partial charge in [0.2, 0.25) is 0 Å². The summed E-state index contributed by atoms with van der Waals surface area (Å²) in [6.07, 6.45) is 0.986. The fourth-order valence-electron chi connectivity index (χ4n) is 1.03. The summed E-state index contributed by atoms with van der Waals surface area (Å²) in [4.78, 5) is 0. The highest BCUT2D eigenvalue weighted by Gasteiger charge is 2.16. The first-order chi connectivity index (χ1) is 5.65. The van der Waals surface area contributed by atoms with Crippen molar-refractivity contribution in [3.8, 4) is 0 Å². The maximum absolute atomic E-state index is 5.90. The first kappa shape index (κ1) is 9.61. The van der Waals surface area contributed by atoms with Gasteiger partial charge in [0.05, 0.1) is 0 Å². The molecule has 4 heteroatoms. The van der Waals surface area contributed by atoms with Crippen molar-refractivity contribution in [3.05, 3.63) is 10.0 Å². The number of rotatable bonds is 3. The molecule has 0 saturated carbocycles. The van der Waals surface area contributed by atoms with Gasteiger partial charge in [-0.25, -0.2) is 0 Å². The Morgan fingerprint density at radius 1 is 1.50 bits per heavy atom. The highest BCUT2D eigenvalue weighted by Crippen LogP contribution is 2.22. The van der Waals surface area contributed by atoms with E-state index in [0.29, 0.717) is 5.92 Å². The van der Waals surface area contributed by atoms with E-state index in [0.717, 1.165) is 16.4 Å². The average molecular weight is 185 g/mol. The number of nitrogens with zero attached hydrogens (tertiary/aromatic N) is 2. The van der Waals surface area contributed by atoms with E-state index in [1.54, 1.807) is 11.3 Å². The summed E-state index contributed by atoms with van der Waals surface area (Å²) >= 11 is 1.64. The van der Waals surface area contributed by atoms with E-state index < -0.39 is 0 Å². The first-order valence-electron chi connectivity index (χ1n) is 4.20. The predicted molar refractivity (Wildman–Crippen MR) is 51.3 cm³/mol. The van der Waals surface area contributed by atoms with Crippen LogP contribution in [0.1, 0.15) is 36.2 Å². The molecule has 0 radical (unpaired) electrons. The highest BCUT2D eigenvalue weighted by molar-refractivity contribution is 7.11. The van der Waals surface area contributed by atoms with Crippen LogP contribution in [0.2, 0.25) is 0 Å². The highest BCUT2D eigenvalue weighted by atomic mass is 32.1. The topological polar surface area (TPSA) is 51.8 Å². The lowest BCUT2D eigenvalue weighted by molar-refractivity contribution is 0.546. The molecule has 0 aliphatic heterocycles. The van der Waals surface area contributed by atoms with Gasteiger partial charge in [0, 0.05) is 12.0 Å². The number of nitrogens with two attached hydrogens (primary N) is 1. The fraction of sp³-hybridized carbons (Fsp3) is 0.750. The molecule has 0 amide bonds. The largest absolute Gasteiger partial charge is 0.327 e. The quantitative estimate of drug-likeness (QED) is 0.779. The van der Waals surface area contributed by atoms with Gasteiger partial charge in [0.1, 0.15) is 10.0 Å². The third-order valence-corrected chi connectivity index (χ3v) is 3.08. The molecule has 1 rings (SSSR count). The maximum Gasteiger partial charge on any atom is 0.121 e. The van der Waals surface area contributed by atoms with Crippen LogP contribution in [0.5, 0.6) is 0 Å². The van der Waals surface area contributed by atoms with Gasteiger partial charge in [-0.3, -0.25) is 0 Å². The van der Waals surface area contributed by atoms with Crippen molar-refractivity contribution in [1.82, 2.24) is 10.2 Å². The summed E-state index contributed by atoms with van der Waals surface area (Å²) in [5.41, 5.74) is 5.90. The minimum Gasteiger partial charge on any atom is -0.327 e. The molecule has 0 bridgehead atoms. The smallest absolute Gasteiger partial charge is 0.121 e. The van der Waals surface area contributed by atoms with Crippen LogP contribution in [0.4, 0.5) is 0 Å². The lowest BCUT2D eigenvalue weighted by atomic mass is 10.0. The number of aromatic nitrogens is 2. The minimum absolute atomic E-state index is 0.206. The molecule has 3 nitrogen and oxygen atoms in total. The Bertz CT molecular complexity index is 246. The lowest BCUT2D eigenvalue weighted by Gasteiger charge is -2.14. The molecule has 2 atom stereocenters. The second kappa shape index (κ2) is 3.96. The van der Waals surface area contributed by atoms with E-state index >= 15 is 0 Å². The normalized spacial score (nSPS) is 16.0. The third kappa shape index (κ3) is 2.01. The molecule has 2 N–H and O–H groups in total. The van der Waals surface area contributed by atoms with Crippen molar-refractivity contribution >= 4 is 11.3 Å². The number of hydrogen-bond acceptors (Lipinski definition) is 4. The van der Waals surface area contributed by atoms with Gasteiger partial charge >= 0.3 is 0 Å². The second-order valence-electron chi connectivity index (χ2n) is 3.02.